The van der Waals surface area contributed by atoms with Gasteiger partial charge < -0.3 is 13.3 Å². The summed E-state index contributed by atoms with van der Waals surface area (Å²) in [7, 11) is 0.0779. The van der Waals surface area contributed by atoms with Crippen molar-refractivity contribution >= 4 is 20.5 Å². The van der Waals surface area contributed by atoms with Gasteiger partial charge in [-0.05, 0) is 13.3 Å². The highest BCUT2D eigenvalue weighted by Crippen LogP contribution is 2.40. The lowest BCUT2D eigenvalue weighted by atomic mass is 10.1. The van der Waals surface area contributed by atoms with Crippen molar-refractivity contribution in [2.75, 3.05) is 0 Å². The second kappa shape index (κ2) is 3.82. The molecule has 1 saturated heterocycles. The average molecular weight is 192 g/mol. The number of hydrogen-bond acceptors (Lipinski definition) is 3. The van der Waals surface area contributed by atoms with Crippen molar-refractivity contribution in [1.29, 1.82) is 0 Å². The molecule has 1 aliphatic rings. The molecule has 0 saturated carbocycles. The molecule has 0 spiro atoms. The third-order valence-corrected chi connectivity index (χ3v) is 3.28. The van der Waals surface area contributed by atoms with E-state index in [-0.39, 0.29) is 11.9 Å². The van der Waals surface area contributed by atoms with Crippen molar-refractivity contribution in [3.63, 3.8) is 0 Å². The Hall–Kier alpha value is 0.314. The molecule has 2 unspecified atom stereocenters. The number of rotatable bonds is 5. The van der Waals surface area contributed by atoms with Crippen LogP contribution in [0.25, 0.3) is 0 Å². The highest BCUT2D eigenvalue weighted by molar-refractivity contribution is 6.27. The fourth-order valence-corrected chi connectivity index (χ4v) is 2.31. The van der Waals surface area contributed by atoms with E-state index in [1.54, 1.807) is 0 Å². The van der Waals surface area contributed by atoms with Gasteiger partial charge in [-0.1, -0.05) is 13.3 Å². The molecule has 2 atom stereocenters. The van der Waals surface area contributed by atoms with Crippen LogP contribution in [0.2, 0.25) is 0 Å². The van der Waals surface area contributed by atoms with Crippen LogP contribution in [0.3, 0.4) is 0 Å². The van der Waals surface area contributed by atoms with Gasteiger partial charge in [0.05, 0.1) is 0 Å². The summed E-state index contributed by atoms with van der Waals surface area (Å²) in [6, 6.07) is 0. The maximum absolute atomic E-state index is 5.40. The fraction of sp³-hybridized carbons (Fsp3) is 1.00. The summed E-state index contributed by atoms with van der Waals surface area (Å²) in [5, 5.41) is 0. The molecule has 66 valence electrons. The minimum atomic E-state index is -0.712. The van der Waals surface area contributed by atoms with Gasteiger partial charge in [0.1, 0.15) is 16.1 Å². The van der Waals surface area contributed by atoms with Gasteiger partial charge in [-0.3, -0.25) is 0 Å². The molecule has 11 heavy (non-hydrogen) atoms. The largest absolute Gasteiger partial charge is 0.449 e. The lowest BCUT2D eigenvalue weighted by molar-refractivity contribution is 0.166. The summed E-state index contributed by atoms with van der Waals surface area (Å²) >= 11 is 0. The Morgan fingerprint density at radius 3 is 3.00 bits per heavy atom. The molecule has 0 amide bonds. The lowest BCUT2D eigenvalue weighted by Crippen LogP contribution is -2.14. The van der Waals surface area contributed by atoms with Crippen LogP contribution < -0.4 is 0 Å². The first kappa shape index (κ1) is 9.40. The summed E-state index contributed by atoms with van der Waals surface area (Å²) in [5.41, 5.74) is 0.0157. The zero-order valence-electron chi connectivity index (χ0n) is 7.42. The molecule has 0 aliphatic carbocycles. The molecule has 1 heterocycles. The number of ether oxygens (including phenoxy) is 1. The maximum Gasteiger partial charge on any atom is 0.296 e. The van der Waals surface area contributed by atoms with Crippen molar-refractivity contribution in [2.24, 2.45) is 0 Å². The maximum atomic E-state index is 5.40. The molecular weight excluding hydrogens is 176 g/mol. The zero-order chi connectivity index (χ0) is 8.32. The molecule has 3 nitrogen and oxygen atoms in total. The third kappa shape index (κ3) is 2.38. The summed E-state index contributed by atoms with van der Waals surface area (Å²) in [6.07, 6.45) is 2.29. The van der Waals surface area contributed by atoms with Gasteiger partial charge >= 0.3 is 0 Å². The van der Waals surface area contributed by atoms with Crippen LogP contribution >= 0.6 is 0 Å². The Kier molecular flexibility index (Phi) is 3.26. The molecule has 0 bridgehead atoms. The molecule has 1 rings (SSSR count). The van der Waals surface area contributed by atoms with Gasteiger partial charge in [0.2, 0.25) is 0 Å². The van der Waals surface area contributed by atoms with E-state index in [1.165, 1.54) is 0 Å². The topological polar surface area (TPSA) is 31.0 Å². The molecule has 0 aromatic heterocycles. The first-order chi connectivity index (χ1) is 5.23. The van der Waals surface area contributed by atoms with Crippen LogP contribution in [-0.2, 0) is 13.3 Å². The average Bonchev–Trinajstić information content (AvgIpc) is 2.58. The van der Waals surface area contributed by atoms with Gasteiger partial charge in [-0.25, -0.2) is 0 Å². The van der Waals surface area contributed by atoms with Gasteiger partial charge in [0.15, 0.2) is 6.29 Å². The van der Waals surface area contributed by atoms with Crippen molar-refractivity contribution in [2.45, 2.75) is 38.6 Å². The lowest BCUT2D eigenvalue weighted by Gasteiger charge is -2.02. The Balaban J connectivity index is 2.12. The van der Waals surface area contributed by atoms with E-state index < -0.39 is 10.0 Å². The molecule has 0 aromatic rings. The van der Waals surface area contributed by atoms with Crippen molar-refractivity contribution in [3.05, 3.63) is 0 Å². The zero-order valence-corrected chi connectivity index (χ0v) is 10.8. The Bertz CT molecular complexity index is 133. The molecule has 0 radical (unpaired) electrons. The van der Waals surface area contributed by atoms with Crippen molar-refractivity contribution in [1.82, 2.24) is 0 Å². The van der Waals surface area contributed by atoms with Crippen LogP contribution in [0.4, 0.5) is 0 Å². The highest BCUT2D eigenvalue weighted by atomic mass is 28.3. The van der Waals surface area contributed by atoms with Crippen LogP contribution in [0, 0.1) is 0 Å². The number of hydrogen-bond donors (Lipinski definition) is 0. The molecule has 1 fully saturated rings. The second-order valence-corrected chi connectivity index (χ2v) is 5.96. The molecule has 0 aromatic carbocycles. The van der Waals surface area contributed by atoms with Gasteiger partial charge in [-0.2, -0.15) is 0 Å². The normalized spacial score (nSPS) is 37.1. The van der Waals surface area contributed by atoms with E-state index in [2.05, 4.69) is 13.8 Å². The Morgan fingerprint density at radius 1 is 1.73 bits per heavy atom. The molecule has 0 N–H and O–H groups in total. The summed E-state index contributed by atoms with van der Waals surface area (Å²) in [4.78, 5) is 0. The minimum Gasteiger partial charge on any atom is -0.449 e. The summed E-state index contributed by atoms with van der Waals surface area (Å²) < 4.78 is 15.8. The summed E-state index contributed by atoms with van der Waals surface area (Å²) in [6.45, 7) is 4.26. The van der Waals surface area contributed by atoms with Crippen LogP contribution in [0.15, 0.2) is 0 Å². The molecular formula is C6H16O3Si2. The van der Waals surface area contributed by atoms with E-state index >= 15 is 0 Å². The first-order valence-corrected chi connectivity index (χ1v) is 5.98. The highest BCUT2D eigenvalue weighted by Gasteiger charge is 2.52. The van der Waals surface area contributed by atoms with Gasteiger partial charge in [0.25, 0.3) is 10.0 Å². The minimum absolute atomic E-state index is 0.0157. The van der Waals surface area contributed by atoms with Crippen LogP contribution in [-0.4, -0.2) is 32.4 Å². The van der Waals surface area contributed by atoms with E-state index in [0.717, 1.165) is 23.3 Å². The van der Waals surface area contributed by atoms with E-state index in [4.69, 9.17) is 13.3 Å². The van der Waals surface area contributed by atoms with E-state index in [9.17, 15) is 0 Å². The molecule has 5 heteroatoms. The van der Waals surface area contributed by atoms with Gasteiger partial charge in [-0.15, -0.1) is 0 Å². The standard InChI is InChI=1S/C6H16O3Si2/c1-3-4-6(2)5(7-6)8-11-9-10/h5H,3-4,11H2,1-2,10H3. The van der Waals surface area contributed by atoms with Crippen molar-refractivity contribution < 1.29 is 13.3 Å². The smallest absolute Gasteiger partial charge is 0.296 e. The van der Waals surface area contributed by atoms with Crippen LogP contribution in [0.5, 0.6) is 0 Å². The quantitative estimate of drug-likeness (QED) is 0.423. The van der Waals surface area contributed by atoms with Gasteiger partial charge in [0, 0.05) is 0 Å². The number of epoxide rings is 1. The summed E-state index contributed by atoms with van der Waals surface area (Å²) in [5.74, 6) is 0. The fourth-order valence-electron chi connectivity index (χ4n) is 1.22. The Morgan fingerprint density at radius 2 is 2.45 bits per heavy atom. The molecule has 1 aliphatic heterocycles. The van der Waals surface area contributed by atoms with E-state index in [0.29, 0.717) is 0 Å². The monoisotopic (exact) mass is 192 g/mol. The predicted molar refractivity (Wildman–Crippen MR) is 48.8 cm³/mol. The SMILES string of the molecule is CCCC1(C)OC1O[SiH2]O[SiH3]. The van der Waals surface area contributed by atoms with E-state index in [1.807, 2.05) is 0 Å². The second-order valence-electron chi connectivity index (χ2n) is 3.09. The van der Waals surface area contributed by atoms with Crippen LogP contribution in [0.1, 0.15) is 26.7 Å². The van der Waals surface area contributed by atoms with Crippen molar-refractivity contribution in [3.8, 4) is 0 Å². The Labute approximate surface area is 73.0 Å². The third-order valence-electron chi connectivity index (χ3n) is 1.90. The predicted octanol–water partition coefficient (Wildman–Crippen LogP) is -0.786. The first-order valence-electron chi connectivity index (χ1n) is 4.01.